The SMILES string of the molecule is CC(C)(n1c(=O)ccc2cnc(Nc3ccccc3)nc21)C(F)(F)C(F)(F)C(F)(F)C(F)(F)C(F)(F)C(F)F. The molecule has 0 saturated carbocycles. The molecule has 0 bridgehead atoms. The van der Waals surface area contributed by atoms with Crippen LogP contribution in [-0.4, -0.2) is 50.6 Å². The first-order valence-corrected chi connectivity index (χ1v) is 10.5. The molecule has 0 aliphatic rings. The van der Waals surface area contributed by atoms with E-state index in [-0.39, 0.29) is 23.8 Å². The van der Waals surface area contributed by atoms with E-state index < -0.39 is 58.7 Å². The summed E-state index contributed by atoms with van der Waals surface area (Å²) in [7, 11) is 0. The highest BCUT2D eigenvalue weighted by molar-refractivity contribution is 5.76. The minimum Gasteiger partial charge on any atom is -0.324 e. The lowest BCUT2D eigenvalue weighted by atomic mass is 9.84. The molecular weight excluding hydrogens is 564 g/mol. The minimum atomic E-state index is -7.75. The first-order valence-electron chi connectivity index (χ1n) is 10.5. The van der Waals surface area contributed by atoms with E-state index in [0.29, 0.717) is 11.8 Å². The maximum atomic E-state index is 15.2. The van der Waals surface area contributed by atoms with Gasteiger partial charge < -0.3 is 5.32 Å². The van der Waals surface area contributed by atoms with Crippen molar-refractivity contribution in [2.75, 3.05) is 5.32 Å². The van der Waals surface area contributed by atoms with Crippen LogP contribution in [0.15, 0.2) is 53.5 Å². The molecule has 0 aliphatic carbocycles. The maximum Gasteiger partial charge on any atom is 0.384 e. The molecule has 0 saturated heterocycles. The van der Waals surface area contributed by atoms with Crippen LogP contribution in [-0.2, 0) is 5.54 Å². The van der Waals surface area contributed by atoms with E-state index in [1.54, 1.807) is 18.2 Å². The molecule has 1 aromatic carbocycles. The predicted octanol–water partition coefficient (Wildman–Crippen LogP) is 6.71. The average molecular weight is 580 g/mol. The number of rotatable bonds is 9. The Hall–Kier alpha value is -3.53. The molecule has 2 aromatic heterocycles. The molecule has 0 amide bonds. The molecular formula is C22H16F12N4O. The Kier molecular flexibility index (Phi) is 7.15. The normalized spacial score (nSPS) is 14.2. The van der Waals surface area contributed by atoms with Crippen LogP contribution in [0.3, 0.4) is 0 Å². The van der Waals surface area contributed by atoms with Gasteiger partial charge in [0.15, 0.2) is 0 Å². The van der Waals surface area contributed by atoms with Gasteiger partial charge in [-0.15, -0.1) is 0 Å². The highest BCUT2D eigenvalue weighted by Crippen LogP contribution is 2.61. The Balaban J connectivity index is 2.21. The van der Waals surface area contributed by atoms with Crippen molar-refractivity contribution < 1.29 is 52.7 Å². The van der Waals surface area contributed by atoms with E-state index in [0.717, 1.165) is 12.3 Å². The second-order valence-corrected chi connectivity index (χ2v) is 8.75. The predicted molar refractivity (Wildman–Crippen MR) is 114 cm³/mol. The van der Waals surface area contributed by atoms with Crippen LogP contribution in [0.4, 0.5) is 64.3 Å². The molecule has 17 heteroatoms. The van der Waals surface area contributed by atoms with Gasteiger partial charge in [-0.2, -0.15) is 48.9 Å². The number of benzene rings is 1. The van der Waals surface area contributed by atoms with Gasteiger partial charge in [-0.3, -0.25) is 9.36 Å². The van der Waals surface area contributed by atoms with E-state index in [2.05, 4.69) is 15.3 Å². The van der Waals surface area contributed by atoms with Crippen LogP contribution in [0.25, 0.3) is 11.0 Å². The van der Waals surface area contributed by atoms with Gasteiger partial charge in [0, 0.05) is 23.3 Å². The number of anilines is 2. The zero-order valence-electron chi connectivity index (χ0n) is 19.5. The summed E-state index contributed by atoms with van der Waals surface area (Å²) >= 11 is 0. The standard InChI is InChI=1S/C22H16F12N4O/c1-17(2,19(27,28)21(31,32)22(33,34)20(29,30)18(25,26)15(23)24)38-13(39)9-8-11-10-35-16(37-14(11)38)36-12-6-4-3-5-7-12/h3-10,15H,1-2H3,(H,35,36,37). The molecule has 0 radical (unpaired) electrons. The van der Waals surface area contributed by atoms with Crippen molar-refractivity contribution in [3.63, 3.8) is 0 Å². The topological polar surface area (TPSA) is 59.8 Å². The van der Waals surface area contributed by atoms with E-state index >= 15 is 8.78 Å². The van der Waals surface area contributed by atoms with Gasteiger partial charge >= 0.3 is 36.0 Å². The fourth-order valence-electron chi connectivity index (χ4n) is 3.54. The molecule has 0 aliphatic heterocycles. The van der Waals surface area contributed by atoms with Crippen LogP contribution in [0.1, 0.15) is 13.8 Å². The molecule has 3 rings (SSSR count). The molecule has 214 valence electrons. The third kappa shape index (κ3) is 4.34. The summed E-state index contributed by atoms with van der Waals surface area (Å²) in [6.45, 7) is 0.0985. The van der Waals surface area contributed by atoms with Crippen molar-refractivity contribution >= 4 is 22.7 Å². The largest absolute Gasteiger partial charge is 0.384 e. The lowest BCUT2D eigenvalue weighted by Gasteiger charge is -2.44. The highest BCUT2D eigenvalue weighted by Gasteiger charge is 2.89. The molecule has 39 heavy (non-hydrogen) atoms. The Morgan fingerprint density at radius 1 is 0.769 bits per heavy atom. The number of alkyl halides is 12. The summed E-state index contributed by atoms with van der Waals surface area (Å²) in [5, 5.41) is 2.30. The van der Waals surface area contributed by atoms with Crippen molar-refractivity contribution in [3.05, 3.63) is 59.0 Å². The summed E-state index contributed by atoms with van der Waals surface area (Å²) in [6, 6.07) is 9.16. The third-order valence-corrected chi connectivity index (χ3v) is 5.87. The van der Waals surface area contributed by atoms with E-state index in [1.807, 2.05) is 0 Å². The van der Waals surface area contributed by atoms with Crippen LogP contribution >= 0.6 is 0 Å². The summed E-state index contributed by atoms with van der Waals surface area (Å²) in [5.41, 5.74) is -6.03. The van der Waals surface area contributed by atoms with Crippen molar-refractivity contribution in [2.45, 2.75) is 55.4 Å². The number of hydrogen-bond donors (Lipinski definition) is 1. The Morgan fingerprint density at radius 2 is 1.31 bits per heavy atom. The van der Waals surface area contributed by atoms with Crippen LogP contribution in [0.2, 0.25) is 0 Å². The Morgan fingerprint density at radius 3 is 1.85 bits per heavy atom. The third-order valence-electron chi connectivity index (χ3n) is 5.87. The van der Waals surface area contributed by atoms with Crippen LogP contribution in [0, 0.1) is 0 Å². The Bertz CT molecular complexity index is 1410. The Labute approximate surface area is 210 Å². The van der Waals surface area contributed by atoms with E-state index in [1.165, 1.54) is 12.1 Å². The van der Waals surface area contributed by atoms with Gasteiger partial charge in [0.25, 0.3) is 5.56 Å². The fraction of sp³-hybridized carbons (Fsp3) is 0.409. The molecule has 0 fully saturated rings. The number of nitrogens with zero attached hydrogens (tertiary/aromatic N) is 3. The molecule has 0 unspecified atom stereocenters. The van der Waals surface area contributed by atoms with Crippen molar-refractivity contribution in [2.24, 2.45) is 0 Å². The monoisotopic (exact) mass is 580 g/mol. The van der Waals surface area contributed by atoms with Crippen LogP contribution < -0.4 is 10.9 Å². The number of para-hydroxylation sites is 1. The molecule has 3 aromatic rings. The van der Waals surface area contributed by atoms with Crippen LogP contribution in [0.5, 0.6) is 0 Å². The second-order valence-electron chi connectivity index (χ2n) is 8.75. The summed E-state index contributed by atoms with van der Waals surface area (Å²) in [5.74, 6) is -36.8. The summed E-state index contributed by atoms with van der Waals surface area (Å²) in [6.07, 6.45) is -4.70. The lowest BCUT2D eigenvalue weighted by Crippen LogP contribution is -2.72. The first-order chi connectivity index (χ1) is 17.6. The number of nitrogens with one attached hydrogen (secondary N) is 1. The van der Waals surface area contributed by atoms with Crippen molar-refractivity contribution in [1.29, 1.82) is 0 Å². The summed E-state index contributed by atoms with van der Waals surface area (Å²) in [4.78, 5) is 20.2. The second kappa shape index (κ2) is 9.29. The zero-order valence-corrected chi connectivity index (χ0v) is 19.5. The quantitative estimate of drug-likeness (QED) is 0.286. The zero-order chi connectivity index (χ0) is 29.8. The van der Waals surface area contributed by atoms with Crippen molar-refractivity contribution in [1.82, 2.24) is 14.5 Å². The smallest absolute Gasteiger partial charge is 0.324 e. The number of pyridine rings is 1. The number of hydrogen-bond acceptors (Lipinski definition) is 4. The van der Waals surface area contributed by atoms with Gasteiger partial charge in [0.05, 0.1) is 0 Å². The fourth-order valence-corrected chi connectivity index (χ4v) is 3.54. The lowest BCUT2D eigenvalue weighted by molar-refractivity contribution is -0.421. The van der Waals surface area contributed by atoms with Gasteiger partial charge in [0.2, 0.25) is 5.95 Å². The number of aromatic nitrogens is 3. The van der Waals surface area contributed by atoms with E-state index in [9.17, 15) is 48.7 Å². The molecule has 5 nitrogen and oxygen atoms in total. The number of halogens is 12. The molecule has 1 N–H and O–H groups in total. The summed E-state index contributed by atoms with van der Waals surface area (Å²) < 4.78 is 167. The van der Waals surface area contributed by atoms with Gasteiger partial charge in [-0.1, -0.05) is 18.2 Å². The maximum absolute atomic E-state index is 15.2. The molecule has 2 heterocycles. The molecule has 0 atom stereocenters. The number of fused-ring (bicyclic) bond motifs is 1. The average Bonchev–Trinajstić information content (AvgIpc) is 2.83. The van der Waals surface area contributed by atoms with Gasteiger partial charge in [-0.25, -0.2) is 13.8 Å². The van der Waals surface area contributed by atoms with Gasteiger partial charge in [0.1, 0.15) is 11.2 Å². The van der Waals surface area contributed by atoms with Crippen molar-refractivity contribution in [3.8, 4) is 0 Å². The minimum absolute atomic E-state index is 0.0492. The molecule has 0 spiro atoms. The van der Waals surface area contributed by atoms with Gasteiger partial charge in [-0.05, 0) is 32.0 Å². The van der Waals surface area contributed by atoms with E-state index in [4.69, 9.17) is 0 Å². The first kappa shape index (κ1) is 30.0. The highest BCUT2D eigenvalue weighted by atomic mass is 19.4.